The molecular formula is C17H15F2N3O4. The molecule has 0 radical (unpaired) electrons. The number of rotatable bonds is 7. The molecule has 0 atom stereocenters. The van der Waals surface area contributed by atoms with Crippen LogP contribution in [0.25, 0.3) is 0 Å². The second-order valence-corrected chi connectivity index (χ2v) is 5.29. The largest absolute Gasteiger partial charge is 0.481 e. The third kappa shape index (κ3) is 4.05. The van der Waals surface area contributed by atoms with Crippen LogP contribution in [0.1, 0.15) is 34.8 Å². The van der Waals surface area contributed by atoms with E-state index in [1.807, 2.05) is 6.92 Å². The van der Waals surface area contributed by atoms with Crippen LogP contribution in [-0.2, 0) is 19.6 Å². The molecule has 2 heterocycles. The van der Waals surface area contributed by atoms with E-state index in [0.29, 0.717) is 5.76 Å². The van der Waals surface area contributed by atoms with Crippen molar-refractivity contribution in [1.82, 2.24) is 15.5 Å². The number of hydrogen-bond acceptors (Lipinski definition) is 6. The number of amides is 1. The van der Waals surface area contributed by atoms with Gasteiger partial charge in [0.1, 0.15) is 6.26 Å². The van der Waals surface area contributed by atoms with E-state index in [9.17, 15) is 13.6 Å². The molecule has 0 aliphatic carbocycles. The standard InChI is InChI=1S/C17H15F2N3O4/c1-2-10-6-11(26-22-10)7-20-17(23)13-8-25-15(21-13)9-24-14-5-3-4-12(18)16(14)19/h3-6,8H,2,7,9H2,1H3,(H,20,23). The summed E-state index contributed by atoms with van der Waals surface area (Å²) in [5.41, 5.74) is 0.818. The van der Waals surface area contributed by atoms with Crippen molar-refractivity contribution in [3.63, 3.8) is 0 Å². The molecule has 0 bridgehead atoms. The fourth-order valence-electron chi connectivity index (χ4n) is 2.08. The Morgan fingerprint density at radius 1 is 1.35 bits per heavy atom. The molecule has 0 unspecified atom stereocenters. The second-order valence-electron chi connectivity index (χ2n) is 5.29. The third-order valence-electron chi connectivity index (χ3n) is 3.44. The van der Waals surface area contributed by atoms with Gasteiger partial charge in [-0.1, -0.05) is 18.1 Å². The Morgan fingerprint density at radius 3 is 2.96 bits per heavy atom. The van der Waals surface area contributed by atoms with Gasteiger partial charge in [0, 0.05) is 6.07 Å². The molecule has 2 aromatic heterocycles. The van der Waals surface area contributed by atoms with Crippen LogP contribution in [0.3, 0.4) is 0 Å². The maximum absolute atomic E-state index is 13.5. The minimum absolute atomic E-state index is 0.0264. The van der Waals surface area contributed by atoms with E-state index in [2.05, 4.69) is 15.5 Å². The number of hydrogen-bond donors (Lipinski definition) is 1. The minimum Gasteiger partial charge on any atom is -0.481 e. The number of aryl methyl sites for hydroxylation is 1. The lowest BCUT2D eigenvalue weighted by atomic mass is 10.3. The number of aromatic nitrogens is 2. The van der Waals surface area contributed by atoms with Gasteiger partial charge in [-0.2, -0.15) is 4.39 Å². The van der Waals surface area contributed by atoms with Crippen molar-refractivity contribution in [2.45, 2.75) is 26.5 Å². The molecule has 1 aromatic carbocycles. The first-order valence-corrected chi connectivity index (χ1v) is 7.80. The van der Waals surface area contributed by atoms with Gasteiger partial charge in [-0.25, -0.2) is 9.37 Å². The lowest BCUT2D eigenvalue weighted by molar-refractivity contribution is 0.0942. The molecule has 26 heavy (non-hydrogen) atoms. The van der Waals surface area contributed by atoms with Gasteiger partial charge < -0.3 is 19.0 Å². The van der Waals surface area contributed by atoms with Crippen LogP contribution in [0.5, 0.6) is 5.75 Å². The topological polar surface area (TPSA) is 90.4 Å². The van der Waals surface area contributed by atoms with Crippen LogP contribution in [0.15, 0.2) is 39.5 Å². The third-order valence-corrected chi connectivity index (χ3v) is 3.44. The fourth-order valence-corrected chi connectivity index (χ4v) is 2.08. The molecule has 0 fully saturated rings. The molecule has 3 rings (SSSR count). The van der Waals surface area contributed by atoms with E-state index < -0.39 is 17.5 Å². The van der Waals surface area contributed by atoms with E-state index in [1.165, 1.54) is 12.1 Å². The Morgan fingerprint density at radius 2 is 2.19 bits per heavy atom. The first kappa shape index (κ1) is 17.6. The molecule has 0 saturated heterocycles. The highest BCUT2D eigenvalue weighted by Gasteiger charge is 2.15. The molecule has 0 saturated carbocycles. The second kappa shape index (κ2) is 7.77. The first-order chi connectivity index (χ1) is 12.6. The van der Waals surface area contributed by atoms with E-state index in [-0.39, 0.29) is 30.5 Å². The fraction of sp³-hybridized carbons (Fsp3) is 0.235. The minimum atomic E-state index is -1.10. The first-order valence-electron chi connectivity index (χ1n) is 7.80. The van der Waals surface area contributed by atoms with E-state index in [0.717, 1.165) is 24.4 Å². The van der Waals surface area contributed by atoms with Crippen molar-refractivity contribution in [1.29, 1.82) is 0 Å². The lowest BCUT2D eigenvalue weighted by Gasteiger charge is -2.04. The Labute approximate surface area is 147 Å². The van der Waals surface area contributed by atoms with E-state index >= 15 is 0 Å². The Bertz CT molecular complexity index is 907. The highest BCUT2D eigenvalue weighted by molar-refractivity contribution is 5.91. The summed E-state index contributed by atoms with van der Waals surface area (Å²) < 4.78 is 41.9. The van der Waals surface area contributed by atoms with Gasteiger partial charge in [0.05, 0.1) is 12.2 Å². The molecule has 1 amide bonds. The summed E-state index contributed by atoms with van der Waals surface area (Å²) in [6.45, 7) is 1.84. The number of halogens is 2. The van der Waals surface area contributed by atoms with E-state index in [1.54, 1.807) is 6.07 Å². The Kier molecular flexibility index (Phi) is 5.26. The van der Waals surface area contributed by atoms with Gasteiger partial charge in [-0.05, 0) is 18.6 Å². The zero-order valence-electron chi connectivity index (χ0n) is 13.8. The number of oxazole rings is 1. The van der Waals surface area contributed by atoms with Crippen LogP contribution in [-0.4, -0.2) is 16.0 Å². The average molecular weight is 363 g/mol. The van der Waals surface area contributed by atoms with Gasteiger partial charge in [-0.3, -0.25) is 4.79 Å². The van der Waals surface area contributed by atoms with Crippen LogP contribution in [0, 0.1) is 11.6 Å². The lowest BCUT2D eigenvalue weighted by Crippen LogP contribution is -2.23. The zero-order valence-corrected chi connectivity index (χ0v) is 13.8. The van der Waals surface area contributed by atoms with Gasteiger partial charge in [0.15, 0.2) is 29.6 Å². The maximum atomic E-state index is 13.5. The SMILES string of the molecule is CCc1cc(CNC(=O)c2coc(COc3cccc(F)c3F)n2)on1. The molecular weight excluding hydrogens is 348 g/mol. The van der Waals surface area contributed by atoms with Crippen molar-refractivity contribution in [2.24, 2.45) is 0 Å². The summed E-state index contributed by atoms with van der Waals surface area (Å²) in [5, 5.41) is 6.43. The van der Waals surface area contributed by atoms with Gasteiger partial charge in [-0.15, -0.1) is 0 Å². The highest BCUT2D eigenvalue weighted by atomic mass is 19.2. The molecule has 0 spiro atoms. The number of nitrogens with one attached hydrogen (secondary N) is 1. The Hall–Kier alpha value is -3.23. The molecule has 7 nitrogen and oxygen atoms in total. The molecule has 9 heteroatoms. The highest BCUT2D eigenvalue weighted by Crippen LogP contribution is 2.20. The van der Waals surface area contributed by atoms with Crippen molar-refractivity contribution in [3.05, 3.63) is 65.2 Å². The molecule has 136 valence electrons. The summed E-state index contributed by atoms with van der Waals surface area (Å²) in [4.78, 5) is 16.0. The van der Waals surface area contributed by atoms with Gasteiger partial charge >= 0.3 is 0 Å². The van der Waals surface area contributed by atoms with Gasteiger partial charge in [0.2, 0.25) is 11.7 Å². The monoisotopic (exact) mass is 363 g/mol. The summed E-state index contributed by atoms with van der Waals surface area (Å²) in [7, 11) is 0. The van der Waals surface area contributed by atoms with Crippen LogP contribution in [0.2, 0.25) is 0 Å². The average Bonchev–Trinajstić information content (AvgIpc) is 3.30. The summed E-state index contributed by atoms with van der Waals surface area (Å²) in [6.07, 6.45) is 1.88. The van der Waals surface area contributed by atoms with Crippen molar-refractivity contribution >= 4 is 5.91 Å². The quantitative estimate of drug-likeness (QED) is 0.694. The van der Waals surface area contributed by atoms with Crippen molar-refractivity contribution < 1.29 is 27.3 Å². The molecule has 3 aromatic rings. The number of benzene rings is 1. The van der Waals surface area contributed by atoms with Crippen molar-refractivity contribution in [2.75, 3.05) is 0 Å². The summed E-state index contributed by atoms with van der Waals surface area (Å²) in [5.74, 6) is -2.31. The number of nitrogens with zero attached hydrogens (tertiary/aromatic N) is 2. The normalized spacial score (nSPS) is 10.7. The zero-order chi connectivity index (χ0) is 18.5. The number of ether oxygens (including phenoxy) is 1. The molecule has 0 aliphatic heterocycles. The molecule has 0 aliphatic rings. The number of carbonyl (C=O) groups is 1. The number of carbonyl (C=O) groups excluding carboxylic acids is 1. The van der Waals surface area contributed by atoms with Crippen LogP contribution in [0.4, 0.5) is 8.78 Å². The Balaban J connectivity index is 1.55. The predicted octanol–water partition coefficient (Wildman–Crippen LogP) is 3.01. The summed E-state index contributed by atoms with van der Waals surface area (Å²) >= 11 is 0. The van der Waals surface area contributed by atoms with Crippen LogP contribution < -0.4 is 10.1 Å². The van der Waals surface area contributed by atoms with E-state index in [4.69, 9.17) is 13.7 Å². The van der Waals surface area contributed by atoms with Crippen LogP contribution >= 0.6 is 0 Å². The maximum Gasteiger partial charge on any atom is 0.273 e. The van der Waals surface area contributed by atoms with Crippen molar-refractivity contribution in [3.8, 4) is 5.75 Å². The summed E-state index contributed by atoms with van der Waals surface area (Å²) in [6, 6.07) is 5.32. The molecule has 1 N–H and O–H groups in total. The smallest absolute Gasteiger partial charge is 0.273 e. The van der Waals surface area contributed by atoms with Gasteiger partial charge in [0.25, 0.3) is 5.91 Å². The predicted molar refractivity (Wildman–Crippen MR) is 84.2 cm³/mol.